The molecule has 3 aromatic rings. The second kappa shape index (κ2) is 7.80. The van der Waals surface area contributed by atoms with Crippen LogP contribution in [0.2, 0.25) is 0 Å². The fourth-order valence-electron chi connectivity index (χ4n) is 5.24. The number of hydrogen-bond acceptors (Lipinski definition) is 5. The Labute approximate surface area is 205 Å². The maximum absolute atomic E-state index is 13.4. The molecule has 3 aliphatic rings. The molecule has 2 aliphatic heterocycles. The third-order valence-electron chi connectivity index (χ3n) is 7.54. The molecule has 35 heavy (non-hydrogen) atoms. The lowest BCUT2D eigenvalue weighted by atomic mass is 9.79. The smallest absolute Gasteiger partial charge is 0.272 e. The second-order valence-electron chi connectivity index (χ2n) is 11.3. The molecule has 8 nitrogen and oxygen atoms in total. The van der Waals surface area contributed by atoms with Crippen molar-refractivity contribution in [3.63, 3.8) is 0 Å². The summed E-state index contributed by atoms with van der Waals surface area (Å²) in [6.07, 6.45) is 8.38. The van der Waals surface area contributed by atoms with E-state index in [1.54, 1.807) is 0 Å². The number of carbonyl (C=O) groups is 2. The molecule has 1 aliphatic carbocycles. The number of benzene rings is 1. The van der Waals surface area contributed by atoms with Crippen molar-refractivity contribution < 1.29 is 9.59 Å². The number of likely N-dealkylation sites (tertiary alicyclic amines) is 1. The summed E-state index contributed by atoms with van der Waals surface area (Å²) in [7, 11) is 0. The van der Waals surface area contributed by atoms with Gasteiger partial charge >= 0.3 is 0 Å². The first-order valence-corrected chi connectivity index (χ1v) is 12.6. The third kappa shape index (κ3) is 4.05. The number of carbonyl (C=O) groups excluding carboxylic acids is 2. The Bertz CT molecular complexity index is 1330. The van der Waals surface area contributed by atoms with Gasteiger partial charge in [-0.2, -0.15) is 5.10 Å². The number of nitrogens with zero attached hydrogens (tertiary/aromatic N) is 4. The number of rotatable bonds is 3. The lowest BCUT2D eigenvalue weighted by Gasteiger charge is -2.44. The van der Waals surface area contributed by atoms with Crippen molar-refractivity contribution in [2.24, 2.45) is 0 Å². The zero-order chi connectivity index (χ0) is 24.4. The van der Waals surface area contributed by atoms with Gasteiger partial charge in [0.2, 0.25) is 0 Å². The van der Waals surface area contributed by atoms with Crippen LogP contribution in [0.1, 0.15) is 72.9 Å². The number of aromatic nitrogens is 3. The van der Waals surface area contributed by atoms with Crippen LogP contribution >= 0.6 is 0 Å². The van der Waals surface area contributed by atoms with Crippen LogP contribution in [0.25, 0.3) is 10.8 Å². The number of amides is 2. The van der Waals surface area contributed by atoms with Crippen LogP contribution in [-0.4, -0.2) is 56.1 Å². The fourth-order valence-corrected chi connectivity index (χ4v) is 5.24. The Morgan fingerprint density at radius 2 is 1.94 bits per heavy atom. The lowest BCUT2D eigenvalue weighted by Crippen LogP contribution is -2.59. The zero-order valence-corrected chi connectivity index (χ0v) is 20.6. The van der Waals surface area contributed by atoms with Gasteiger partial charge in [0.25, 0.3) is 11.8 Å². The highest BCUT2D eigenvalue weighted by atomic mass is 16.2. The maximum atomic E-state index is 13.4. The average Bonchev–Trinajstić information content (AvgIpc) is 3.53. The predicted octanol–water partition coefficient (Wildman–Crippen LogP) is 3.72. The molecule has 2 aromatic heterocycles. The van der Waals surface area contributed by atoms with Crippen molar-refractivity contribution in [1.82, 2.24) is 25.0 Å². The summed E-state index contributed by atoms with van der Waals surface area (Å²) in [5.41, 5.74) is 1.72. The van der Waals surface area contributed by atoms with Gasteiger partial charge in [0.1, 0.15) is 5.82 Å². The van der Waals surface area contributed by atoms with E-state index >= 15 is 0 Å². The quantitative estimate of drug-likeness (QED) is 0.606. The van der Waals surface area contributed by atoms with Gasteiger partial charge in [0.15, 0.2) is 5.69 Å². The maximum Gasteiger partial charge on any atom is 0.272 e. The standard InChI is InChI=1S/C27H32N6O2/c1-26(2,3)33-16-19-15-27(30-24(34)22(19)31-33)9-12-32(13-10-27)25(35)18-5-4-17-8-11-28-23(21(17)14-18)29-20-6-7-20/h4-5,8,11,14,16,20H,6-7,9-10,12-13,15H2,1-3H3,(H,28,29)(H,30,34). The summed E-state index contributed by atoms with van der Waals surface area (Å²) in [5, 5.41) is 13.3. The van der Waals surface area contributed by atoms with Gasteiger partial charge < -0.3 is 15.5 Å². The molecular formula is C27H32N6O2. The highest BCUT2D eigenvalue weighted by Gasteiger charge is 2.43. The van der Waals surface area contributed by atoms with E-state index in [9.17, 15) is 9.59 Å². The van der Waals surface area contributed by atoms with Gasteiger partial charge in [0, 0.05) is 53.6 Å². The van der Waals surface area contributed by atoms with E-state index in [4.69, 9.17) is 0 Å². The lowest BCUT2D eigenvalue weighted by molar-refractivity contribution is 0.0605. The Balaban J connectivity index is 1.19. The minimum absolute atomic E-state index is 0.0337. The van der Waals surface area contributed by atoms with Gasteiger partial charge in [-0.3, -0.25) is 14.3 Å². The van der Waals surface area contributed by atoms with Crippen LogP contribution in [0, 0.1) is 0 Å². The van der Waals surface area contributed by atoms with Crippen LogP contribution in [0.5, 0.6) is 0 Å². The first kappa shape index (κ1) is 22.1. The van der Waals surface area contributed by atoms with E-state index in [-0.39, 0.29) is 22.9 Å². The van der Waals surface area contributed by atoms with Gasteiger partial charge in [-0.15, -0.1) is 0 Å². The molecule has 182 valence electrons. The Kier molecular flexibility index (Phi) is 4.92. The van der Waals surface area contributed by atoms with E-state index < -0.39 is 0 Å². The first-order chi connectivity index (χ1) is 16.7. The molecule has 2 amide bonds. The molecule has 6 rings (SSSR count). The Morgan fingerprint density at radius 3 is 2.66 bits per heavy atom. The molecule has 4 heterocycles. The number of fused-ring (bicyclic) bond motifs is 2. The molecule has 1 saturated heterocycles. The van der Waals surface area contributed by atoms with Crippen molar-refractivity contribution in [1.29, 1.82) is 0 Å². The second-order valence-corrected chi connectivity index (χ2v) is 11.3. The molecule has 0 unspecified atom stereocenters. The van der Waals surface area contributed by atoms with Crippen LogP contribution in [0.4, 0.5) is 5.82 Å². The van der Waals surface area contributed by atoms with Gasteiger partial charge in [0.05, 0.1) is 5.54 Å². The fraction of sp³-hybridized carbons (Fsp3) is 0.481. The number of hydrogen-bond donors (Lipinski definition) is 2. The normalized spacial score (nSPS) is 19.5. The molecule has 1 spiro atoms. The molecule has 2 fully saturated rings. The van der Waals surface area contributed by atoms with E-state index in [1.165, 1.54) is 12.8 Å². The van der Waals surface area contributed by atoms with E-state index in [1.807, 2.05) is 46.2 Å². The van der Waals surface area contributed by atoms with Crippen molar-refractivity contribution in [3.8, 4) is 0 Å². The van der Waals surface area contributed by atoms with E-state index in [2.05, 4.69) is 41.5 Å². The Hall–Kier alpha value is -3.42. The number of piperidine rings is 1. The third-order valence-corrected chi connectivity index (χ3v) is 7.54. The highest BCUT2D eigenvalue weighted by Crippen LogP contribution is 2.34. The number of pyridine rings is 1. The minimum Gasteiger partial charge on any atom is -0.367 e. The van der Waals surface area contributed by atoms with Crippen LogP contribution in [0.15, 0.2) is 36.7 Å². The summed E-state index contributed by atoms with van der Waals surface area (Å²) >= 11 is 0. The minimum atomic E-state index is -0.318. The van der Waals surface area contributed by atoms with Crippen molar-refractivity contribution in [3.05, 3.63) is 53.5 Å². The molecule has 0 atom stereocenters. The summed E-state index contributed by atoms with van der Waals surface area (Å²) < 4.78 is 1.88. The summed E-state index contributed by atoms with van der Waals surface area (Å²) in [4.78, 5) is 32.7. The Morgan fingerprint density at radius 1 is 1.17 bits per heavy atom. The molecule has 2 N–H and O–H groups in total. The summed E-state index contributed by atoms with van der Waals surface area (Å²) in [6, 6.07) is 8.35. The summed E-state index contributed by atoms with van der Waals surface area (Å²) in [5.74, 6) is 0.784. The highest BCUT2D eigenvalue weighted by molar-refractivity contribution is 6.01. The van der Waals surface area contributed by atoms with E-state index in [0.29, 0.717) is 30.4 Å². The van der Waals surface area contributed by atoms with Crippen LogP contribution in [-0.2, 0) is 12.0 Å². The molecule has 1 aromatic carbocycles. The topological polar surface area (TPSA) is 92.2 Å². The van der Waals surface area contributed by atoms with Crippen molar-refractivity contribution in [2.45, 2.75) is 70.0 Å². The SMILES string of the molecule is CC(C)(C)n1cc2c(n1)C(=O)NC1(CCN(C(=O)c3ccc4ccnc(NC5CC5)c4c3)CC1)C2. The van der Waals surface area contributed by atoms with Gasteiger partial charge in [-0.25, -0.2) is 4.98 Å². The number of nitrogens with one attached hydrogen (secondary N) is 2. The molecule has 8 heteroatoms. The van der Waals surface area contributed by atoms with E-state index in [0.717, 1.165) is 41.4 Å². The average molecular weight is 473 g/mol. The van der Waals surface area contributed by atoms with Crippen LogP contribution < -0.4 is 10.6 Å². The van der Waals surface area contributed by atoms with Gasteiger partial charge in [-0.1, -0.05) is 6.07 Å². The van der Waals surface area contributed by atoms with Crippen molar-refractivity contribution in [2.75, 3.05) is 18.4 Å². The molecule has 0 bridgehead atoms. The number of anilines is 1. The zero-order valence-electron chi connectivity index (χ0n) is 20.6. The largest absolute Gasteiger partial charge is 0.367 e. The molecule has 1 saturated carbocycles. The molecule has 0 radical (unpaired) electrons. The monoisotopic (exact) mass is 472 g/mol. The van der Waals surface area contributed by atoms with Crippen LogP contribution in [0.3, 0.4) is 0 Å². The predicted molar refractivity (Wildman–Crippen MR) is 135 cm³/mol. The first-order valence-electron chi connectivity index (χ1n) is 12.6. The van der Waals surface area contributed by atoms with Gasteiger partial charge in [-0.05, 0) is 76.5 Å². The summed E-state index contributed by atoms with van der Waals surface area (Å²) in [6.45, 7) is 7.46. The van der Waals surface area contributed by atoms with Crippen molar-refractivity contribution >= 4 is 28.4 Å². The molecular weight excluding hydrogens is 440 g/mol.